The highest BCUT2D eigenvalue weighted by atomic mass is 16.5. The number of likely N-dealkylation sites (tertiary alicyclic amines) is 1. The van der Waals surface area contributed by atoms with Crippen LogP contribution in [0.1, 0.15) is 16.8 Å². The van der Waals surface area contributed by atoms with Crippen molar-refractivity contribution < 1.29 is 9.53 Å². The average molecular weight is 367 g/mol. The van der Waals surface area contributed by atoms with Crippen LogP contribution in [0.5, 0.6) is 5.75 Å². The molecule has 5 nitrogen and oxygen atoms in total. The van der Waals surface area contributed by atoms with E-state index in [1.165, 1.54) is 0 Å². The Morgan fingerprint density at radius 1 is 1.22 bits per heavy atom. The molecular weight excluding hydrogens is 338 g/mol. The van der Waals surface area contributed by atoms with Crippen LogP contribution in [-0.2, 0) is 0 Å². The fourth-order valence-corrected chi connectivity index (χ4v) is 3.38. The maximum absolute atomic E-state index is 12.9. The third-order valence-corrected chi connectivity index (χ3v) is 5.01. The first kappa shape index (κ1) is 19.4. The average Bonchev–Trinajstić information content (AvgIpc) is 3.17. The van der Waals surface area contributed by atoms with Crippen LogP contribution in [0.2, 0.25) is 0 Å². The second kappa shape index (κ2) is 9.02. The van der Waals surface area contributed by atoms with Crippen LogP contribution in [0, 0.1) is 5.92 Å². The van der Waals surface area contributed by atoms with Crippen molar-refractivity contribution in [2.75, 3.05) is 46.9 Å². The molecule has 0 spiro atoms. The normalized spacial score (nSPS) is 16.7. The molecule has 1 aliphatic heterocycles. The lowest BCUT2D eigenvalue weighted by Gasteiger charge is -2.17. The van der Waals surface area contributed by atoms with E-state index in [1.807, 2.05) is 67.5 Å². The number of carbonyl (C=O) groups is 1. The molecule has 1 unspecified atom stereocenters. The van der Waals surface area contributed by atoms with Gasteiger partial charge in [-0.15, -0.1) is 0 Å². The number of nitrogens with two attached hydrogens (primary N) is 1. The maximum atomic E-state index is 12.9. The molecule has 27 heavy (non-hydrogen) atoms. The Balaban J connectivity index is 1.79. The molecule has 2 aromatic carbocycles. The van der Waals surface area contributed by atoms with Crippen LogP contribution < -0.4 is 10.5 Å². The molecule has 1 aliphatic rings. The van der Waals surface area contributed by atoms with Crippen molar-refractivity contribution in [3.63, 3.8) is 0 Å². The van der Waals surface area contributed by atoms with Crippen molar-refractivity contribution in [1.82, 2.24) is 9.80 Å². The van der Waals surface area contributed by atoms with Crippen molar-refractivity contribution in [2.24, 2.45) is 11.7 Å². The van der Waals surface area contributed by atoms with Crippen molar-refractivity contribution in [3.05, 3.63) is 54.1 Å². The molecule has 1 fully saturated rings. The van der Waals surface area contributed by atoms with E-state index >= 15 is 0 Å². The highest BCUT2D eigenvalue weighted by molar-refractivity contribution is 5.95. The van der Waals surface area contributed by atoms with Gasteiger partial charge in [0.05, 0.1) is 0 Å². The van der Waals surface area contributed by atoms with E-state index in [0.29, 0.717) is 24.6 Å². The third kappa shape index (κ3) is 4.87. The van der Waals surface area contributed by atoms with Crippen molar-refractivity contribution in [2.45, 2.75) is 6.42 Å². The molecule has 1 saturated heterocycles. The number of para-hydroxylation sites is 1. The standard InChI is InChI=1S/C22H29N3O2/c1-24(2)12-13-27-21-9-4-3-8-20(21)18-6-5-7-19(14-18)22(26)25-11-10-17(15-23)16-25/h3-9,14,17H,10-13,15-16,23H2,1-2H3. The van der Waals surface area contributed by atoms with Gasteiger partial charge >= 0.3 is 0 Å². The van der Waals surface area contributed by atoms with Gasteiger partial charge in [-0.05, 0) is 56.7 Å². The predicted molar refractivity (Wildman–Crippen MR) is 109 cm³/mol. The summed E-state index contributed by atoms with van der Waals surface area (Å²) >= 11 is 0. The molecule has 1 atom stereocenters. The van der Waals surface area contributed by atoms with Crippen LogP contribution in [0.4, 0.5) is 0 Å². The number of hydrogen-bond acceptors (Lipinski definition) is 4. The summed E-state index contributed by atoms with van der Waals surface area (Å²) in [5.41, 5.74) is 8.47. The number of rotatable bonds is 7. The topological polar surface area (TPSA) is 58.8 Å². The van der Waals surface area contributed by atoms with E-state index in [1.54, 1.807) is 0 Å². The minimum Gasteiger partial charge on any atom is -0.492 e. The summed E-state index contributed by atoms with van der Waals surface area (Å²) in [4.78, 5) is 16.9. The number of carbonyl (C=O) groups excluding carboxylic acids is 1. The van der Waals surface area contributed by atoms with Gasteiger partial charge < -0.3 is 20.3 Å². The first-order chi connectivity index (χ1) is 13.1. The van der Waals surface area contributed by atoms with Gasteiger partial charge in [0, 0.05) is 30.8 Å². The van der Waals surface area contributed by atoms with Gasteiger partial charge in [-0.3, -0.25) is 4.79 Å². The van der Waals surface area contributed by atoms with Gasteiger partial charge in [-0.1, -0.05) is 30.3 Å². The zero-order chi connectivity index (χ0) is 19.2. The van der Waals surface area contributed by atoms with Crippen molar-refractivity contribution in [3.8, 4) is 16.9 Å². The molecule has 0 saturated carbocycles. The van der Waals surface area contributed by atoms with Gasteiger partial charge in [0.2, 0.25) is 0 Å². The number of nitrogens with zero attached hydrogens (tertiary/aromatic N) is 2. The molecule has 2 N–H and O–H groups in total. The zero-order valence-corrected chi connectivity index (χ0v) is 16.2. The molecule has 0 aliphatic carbocycles. The molecule has 0 bridgehead atoms. The van der Waals surface area contributed by atoms with Crippen LogP contribution in [-0.4, -0.2) is 62.6 Å². The predicted octanol–water partition coefficient (Wildman–Crippen LogP) is 2.71. The summed E-state index contributed by atoms with van der Waals surface area (Å²) in [5.74, 6) is 1.34. The molecule has 0 aromatic heterocycles. The lowest BCUT2D eigenvalue weighted by molar-refractivity contribution is 0.0787. The fourth-order valence-electron chi connectivity index (χ4n) is 3.38. The van der Waals surface area contributed by atoms with E-state index in [9.17, 15) is 4.79 Å². The Kier molecular flexibility index (Phi) is 6.48. The van der Waals surface area contributed by atoms with E-state index in [-0.39, 0.29) is 5.91 Å². The van der Waals surface area contributed by atoms with E-state index in [2.05, 4.69) is 4.90 Å². The minimum absolute atomic E-state index is 0.0822. The van der Waals surface area contributed by atoms with E-state index in [0.717, 1.165) is 42.9 Å². The molecule has 1 amide bonds. The van der Waals surface area contributed by atoms with Gasteiger partial charge in [-0.25, -0.2) is 0 Å². The third-order valence-electron chi connectivity index (χ3n) is 5.01. The second-order valence-corrected chi connectivity index (χ2v) is 7.37. The molecule has 144 valence electrons. The summed E-state index contributed by atoms with van der Waals surface area (Å²) in [6, 6.07) is 15.8. The molecule has 1 heterocycles. The Morgan fingerprint density at radius 3 is 2.78 bits per heavy atom. The molecule has 5 heteroatoms. The first-order valence-corrected chi connectivity index (χ1v) is 9.55. The highest BCUT2D eigenvalue weighted by Gasteiger charge is 2.26. The lowest BCUT2D eigenvalue weighted by atomic mass is 10.0. The van der Waals surface area contributed by atoms with E-state index < -0.39 is 0 Å². The molecule has 3 rings (SSSR count). The number of hydrogen-bond donors (Lipinski definition) is 1. The lowest BCUT2D eigenvalue weighted by Crippen LogP contribution is -2.29. The number of amides is 1. The van der Waals surface area contributed by atoms with Crippen LogP contribution in [0.3, 0.4) is 0 Å². The number of benzene rings is 2. The maximum Gasteiger partial charge on any atom is 0.253 e. The zero-order valence-electron chi connectivity index (χ0n) is 16.2. The summed E-state index contributed by atoms with van der Waals surface area (Å²) < 4.78 is 5.98. The molecular formula is C22H29N3O2. The van der Waals surface area contributed by atoms with Crippen molar-refractivity contribution in [1.29, 1.82) is 0 Å². The smallest absolute Gasteiger partial charge is 0.253 e. The Labute approximate surface area is 161 Å². The van der Waals surface area contributed by atoms with Gasteiger partial charge in [0.25, 0.3) is 5.91 Å². The molecule has 2 aromatic rings. The monoisotopic (exact) mass is 367 g/mol. The summed E-state index contributed by atoms with van der Waals surface area (Å²) in [7, 11) is 4.05. The van der Waals surface area contributed by atoms with Crippen LogP contribution in [0.15, 0.2) is 48.5 Å². The summed E-state index contributed by atoms with van der Waals surface area (Å²) in [6.07, 6.45) is 0.991. The van der Waals surface area contributed by atoms with Gasteiger partial charge in [0.15, 0.2) is 0 Å². The Bertz CT molecular complexity index is 776. The number of likely N-dealkylation sites (N-methyl/N-ethyl adjacent to an activating group) is 1. The Hall–Kier alpha value is -2.37. The Morgan fingerprint density at radius 2 is 2.04 bits per heavy atom. The van der Waals surface area contributed by atoms with Crippen LogP contribution >= 0.6 is 0 Å². The van der Waals surface area contributed by atoms with Crippen molar-refractivity contribution >= 4 is 5.91 Å². The second-order valence-electron chi connectivity index (χ2n) is 7.37. The quantitative estimate of drug-likeness (QED) is 0.817. The summed E-state index contributed by atoms with van der Waals surface area (Å²) in [6.45, 7) is 3.65. The van der Waals surface area contributed by atoms with Gasteiger partial charge in [0.1, 0.15) is 12.4 Å². The number of ether oxygens (including phenoxy) is 1. The fraction of sp³-hybridized carbons (Fsp3) is 0.409. The SMILES string of the molecule is CN(C)CCOc1ccccc1-c1cccc(C(=O)N2CCC(CN)C2)c1. The summed E-state index contributed by atoms with van der Waals surface area (Å²) in [5, 5.41) is 0. The van der Waals surface area contributed by atoms with Gasteiger partial charge in [-0.2, -0.15) is 0 Å². The largest absolute Gasteiger partial charge is 0.492 e. The van der Waals surface area contributed by atoms with E-state index in [4.69, 9.17) is 10.5 Å². The highest BCUT2D eigenvalue weighted by Crippen LogP contribution is 2.31. The first-order valence-electron chi connectivity index (χ1n) is 9.55. The van der Waals surface area contributed by atoms with Crippen LogP contribution in [0.25, 0.3) is 11.1 Å². The molecule has 0 radical (unpaired) electrons. The minimum atomic E-state index is 0.0822.